The number of ether oxygens (including phenoxy) is 2. The topological polar surface area (TPSA) is 113 Å². The number of anilines is 1. The smallest absolute Gasteiger partial charge is 0.307 e. The molecule has 3 aromatic rings. The van der Waals surface area contributed by atoms with Crippen molar-refractivity contribution >= 4 is 29.1 Å². The molecule has 37 heavy (non-hydrogen) atoms. The fraction of sp³-hybridized carbons (Fsp3) is 0.207. The lowest BCUT2D eigenvalue weighted by molar-refractivity contribution is -0.136. The Morgan fingerprint density at radius 1 is 0.892 bits per heavy atom. The lowest BCUT2D eigenvalue weighted by Crippen LogP contribution is -2.29. The van der Waals surface area contributed by atoms with E-state index in [1.165, 1.54) is 12.0 Å². The molecule has 1 unspecified atom stereocenters. The summed E-state index contributed by atoms with van der Waals surface area (Å²) in [4.78, 5) is 39.2. The Morgan fingerprint density at radius 2 is 1.54 bits per heavy atom. The number of carbonyl (C=O) groups excluding carboxylic acids is 2. The van der Waals surface area contributed by atoms with Crippen molar-refractivity contribution in [2.24, 2.45) is 0 Å². The predicted octanol–water partition coefficient (Wildman–Crippen LogP) is 4.57. The molecule has 1 atom stereocenters. The molecule has 8 nitrogen and oxygen atoms in total. The van der Waals surface area contributed by atoms with Crippen LogP contribution in [0.2, 0.25) is 0 Å². The van der Waals surface area contributed by atoms with Crippen molar-refractivity contribution in [1.29, 1.82) is 0 Å². The van der Waals surface area contributed by atoms with E-state index in [9.17, 15) is 19.5 Å². The number of carbonyl (C=O) groups is 3. The van der Waals surface area contributed by atoms with Crippen LogP contribution < -0.4 is 14.4 Å². The minimum absolute atomic E-state index is 0.0440. The zero-order valence-corrected chi connectivity index (χ0v) is 20.9. The average Bonchev–Trinajstić information content (AvgIpc) is 3.15. The van der Waals surface area contributed by atoms with E-state index in [0.29, 0.717) is 39.4 Å². The molecule has 0 aromatic heterocycles. The van der Waals surface area contributed by atoms with E-state index in [0.717, 1.165) is 5.56 Å². The fourth-order valence-corrected chi connectivity index (χ4v) is 4.56. The van der Waals surface area contributed by atoms with E-state index in [1.54, 1.807) is 74.7 Å². The number of Topliss-reactive ketones (excluding diaryl/α,β-unsaturated/α-hetero) is 1. The van der Waals surface area contributed by atoms with Gasteiger partial charge in [-0.1, -0.05) is 24.3 Å². The van der Waals surface area contributed by atoms with Crippen LogP contribution in [0.25, 0.3) is 5.76 Å². The highest BCUT2D eigenvalue weighted by Crippen LogP contribution is 2.43. The number of carboxylic acid groups (broad SMARTS) is 1. The van der Waals surface area contributed by atoms with Gasteiger partial charge in [-0.3, -0.25) is 19.3 Å². The summed E-state index contributed by atoms with van der Waals surface area (Å²) >= 11 is 0. The second-order valence-electron chi connectivity index (χ2n) is 8.82. The molecule has 1 fully saturated rings. The summed E-state index contributed by atoms with van der Waals surface area (Å²) in [5.74, 6) is -1.64. The molecule has 0 saturated carbocycles. The van der Waals surface area contributed by atoms with Gasteiger partial charge in [0.25, 0.3) is 11.7 Å². The number of rotatable bonds is 7. The van der Waals surface area contributed by atoms with Crippen LogP contribution in [0.1, 0.15) is 33.9 Å². The van der Waals surface area contributed by atoms with E-state index < -0.39 is 23.7 Å². The van der Waals surface area contributed by atoms with Crippen molar-refractivity contribution in [3.05, 3.63) is 94.1 Å². The van der Waals surface area contributed by atoms with Gasteiger partial charge < -0.3 is 19.7 Å². The summed E-state index contributed by atoms with van der Waals surface area (Å²) in [6.45, 7) is 3.62. The Bertz CT molecular complexity index is 1410. The second-order valence-corrected chi connectivity index (χ2v) is 8.82. The minimum atomic E-state index is -0.975. The third kappa shape index (κ3) is 4.78. The molecule has 8 heteroatoms. The van der Waals surface area contributed by atoms with E-state index >= 15 is 0 Å². The molecule has 4 rings (SSSR count). The summed E-state index contributed by atoms with van der Waals surface area (Å²) in [7, 11) is 3.09. The van der Waals surface area contributed by atoms with E-state index in [-0.39, 0.29) is 17.8 Å². The number of hydrogen-bond acceptors (Lipinski definition) is 6. The highest BCUT2D eigenvalue weighted by atomic mass is 16.5. The van der Waals surface area contributed by atoms with Crippen molar-refractivity contribution < 1.29 is 34.1 Å². The molecule has 3 aromatic carbocycles. The molecule has 1 amide bonds. The molecule has 1 aliphatic rings. The van der Waals surface area contributed by atoms with Gasteiger partial charge >= 0.3 is 5.97 Å². The fourth-order valence-electron chi connectivity index (χ4n) is 4.56. The Kier molecular flexibility index (Phi) is 7.02. The van der Waals surface area contributed by atoms with Crippen LogP contribution >= 0.6 is 0 Å². The first-order chi connectivity index (χ1) is 17.7. The number of aryl methyl sites for hydroxylation is 2. The number of methoxy groups -OCH3 is 2. The normalized spacial score (nSPS) is 16.6. The number of aliphatic hydroxyl groups is 1. The number of hydrogen-bond donors (Lipinski definition) is 2. The third-order valence-electron chi connectivity index (χ3n) is 6.44. The zero-order valence-electron chi connectivity index (χ0n) is 20.9. The van der Waals surface area contributed by atoms with Crippen LogP contribution in [0.4, 0.5) is 5.69 Å². The lowest BCUT2D eigenvalue weighted by Gasteiger charge is -2.26. The Hall–Kier alpha value is -4.59. The van der Waals surface area contributed by atoms with Gasteiger partial charge in [0, 0.05) is 11.3 Å². The molecule has 1 saturated heterocycles. The number of nitrogens with zero attached hydrogens (tertiary/aromatic N) is 1. The van der Waals surface area contributed by atoms with E-state index in [1.807, 2.05) is 6.92 Å². The maximum absolute atomic E-state index is 13.4. The average molecular weight is 502 g/mol. The second kappa shape index (κ2) is 10.2. The van der Waals surface area contributed by atoms with Gasteiger partial charge in [-0.2, -0.15) is 0 Å². The molecule has 1 aliphatic heterocycles. The van der Waals surface area contributed by atoms with Crippen LogP contribution in [0, 0.1) is 13.8 Å². The maximum atomic E-state index is 13.4. The zero-order chi connectivity index (χ0) is 26.9. The van der Waals surface area contributed by atoms with Gasteiger partial charge in [0.1, 0.15) is 17.3 Å². The number of amides is 1. The van der Waals surface area contributed by atoms with E-state index in [2.05, 4.69) is 0 Å². The highest BCUT2D eigenvalue weighted by molar-refractivity contribution is 6.51. The largest absolute Gasteiger partial charge is 0.507 e. The predicted molar refractivity (Wildman–Crippen MR) is 138 cm³/mol. The first kappa shape index (κ1) is 25.5. The number of aliphatic hydroxyl groups excluding tert-OH is 1. The summed E-state index contributed by atoms with van der Waals surface area (Å²) in [5, 5.41) is 20.5. The number of aliphatic carboxylic acids is 1. The third-order valence-corrected chi connectivity index (χ3v) is 6.44. The monoisotopic (exact) mass is 501 g/mol. The summed E-state index contributed by atoms with van der Waals surface area (Å²) < 4.78 is 10.6. The van der Waals surface area contributed by atoms with Crippen LogP contribution in [0.5, 0.6) is 11.5 Å². The van der Waals surface area contributed by atoms with Crippen LogP contribution in [0.3, 0.4) is 0 Å². The lowest BCUT2D eigenvalue weighted by atomic mass is 9.93. The molecule has 0 radical (unpaired) electrons. The number of ketones is 1. The van der Waals surface area contributed by atoms with Crippen molar-refractivity contribution in [1.82, 2.24) is 0 Å². The van der Waals surface area contributed by atoms with Gasteiger partial charge in [0.2, 0.25) is 0 Å². The SMILES string of the molecule is COc1ccc(C2/C(=C(\O)c3cc(C)c(OC)cc3C)C(=O)C(=O)N2c2ccc(CC(=O)O)cc2)cc1. The summed E-state index contributed by atoms with van der Waals surface area (Å²) in [6, 6.07) is 15.9. The maximum Gasteiger partial charge on any atom is 0.307 e. The first-order valence-electron chi connectivity index (χ1n) is 11.6. The minimum Gasteiger partial charge on any atom is -0.507 e. The molecule has 2 N–H and O–H groups in total. The summed E-state index contributed by atoms with van der Waals surface area (Å²) in [5.41, 5.74) is 3.37. The van der Waals surface area contributed by atoms with Gasteiger partial charge in [-0.25, -0.2) is 0 Å². The van der Waals surface area contributed by atoms with Gasteiger partial charge in [-0.15, -0.1) is 0 Å². The Morgan fingerprint density at radius 3 is 2.11 bits per heavy atom. The molecule has 0 spiro atoms. The molecule has 0 aliphatic carbocycles. The Balaban J connectivity index is 1.91. The highest BCUT2D eigenvalue weighted by Gasteiger charge is 2.47. The summed E-state index contributed by atoms with van der Waals surface area (Å²) in [6.07, 6.45) is -0.170. The first-order valence-corrected chi connectivity index (χ1v) is 11.6. The molecular formula is C29H27NO7. The number of carboxylic acids is 1. The molecular weight excluding hydrogens is 474 g/mol. The van der Waals surface area contributed by atoms with Crippen molar-refractivity contribution in [2.45, 2.75) is 26.3 Å². The van der Waals surface area contributed by atoms with Crippen LogP contribution in [-0.2, 0) is 20.8 Å². The number of benzene rings is 3. The molecule has 190 valence electrons. The molecule has 0 bridgehead atoms. The van der Waals surface area contributed by atoms with Crippen LogP contribution in [-0.4, -0.2) is 42.1 Å². The van der Waals surface area contributed by atoms with Crippen molar-refractivity contribution in [3.63, 3.8) is 0 Å². The Labute approximate surface area is 214 Å². The van der Waals surface area contributed by atoms with Crippen molar-refractivity contribution in [3.8, 4) is 11.5 Å². The van der Waals surface area contributed by atoms with Gasteiger partial charge in [0.15, 0.2) is 0 Å². The standard InChI is InChI=1S/C29H27NO7/c1-16-14-23(37-4)17(2)13-22(16)27(33)25-26(19-7-11-21(36-3)12-8-19)30(29(35)28(25)34)20-9-5-18(6-10-20)15-24(31)32/h5-14,26,33H,15H2,1-4H3,(H,31,32)/b27-25+. The van der Waals surface area contributed by atoms with Gasteiger partial charge in [0.05, 0.1) is 32.3 Å². The van der Waals surface area contributed by atoms with Crippen molar-refractivity contribution in [2.75, 3.05) is 19.1 Å². The van der Waals surface area contributed by atoms with Gasteiger partial charge in [-0.05, 0) is 72.5 Å². The quantitative estimate of drug-likeness (QED) is 0.277. The van der Waals surface area contributed by atoms with E-state index in [4.69, 9.17) is 14.6 Å². The van der Waals surface area contributed by atoms with Crippen LogP contribution in [0.15, 0.2) is 66.2 Å². The molecule has 1 heterocycles.